The van der Waals surface area contributed by atoms with Crippen LogP contribution in [0, 0.1) is 0 Å². The lowest BCUT2D eigenvalue weighted by Crippen LogP contribution is -1.93. The Balaban J connectivity index is 2.66. The maximum Gasteiger partial charge on any atom is 0.139 e. The first kappa shape index (κ1) is 9.53. The summed E-state index contributed by atoms with van der Waals surface area (Å²) in [5.74, 6) is 0.522. The van der Waals surface area contributed by atoms with Gasteiger partial charge in [0.15, 0.2) is 0 Å². The highest BCUT2D eigenvalue weighted by atomic mass is 35.5. The SMILES string of the molecule is CCC(C)c1cc(Cl)nc2[nH]ccc12. The minimum absolute atomic E-state index is 0.522. The lowest BCUT2D eigenvalue weighted by molar-refractivity contribution is 0.739. The summed E-state index contributed by atoms with van der Waals surface area (Å²) >= 11 is 5.95. The number of fused-ring (bicyclic) bond motifs is 1. The average molecular weight is 209 g/mol. The third-order valence-corrected chi connectivity index (χ3v) is 2.87. The second-order valence-corrected chi connectivity index (χ2v) is 3.97. The van der Waals surface area contributed by atoms with Crippen molar-refractivity contribution in [2.24, 2.45) is 0 Å². The quantitative estimate of drug-likeness (QED) is 0.749. The molecule has 0 radical (unpaired) electrons. The Morgan fingerprint density at radius 1 is 1.57 bits per heavy atom. The van der Waals surface area contributed by atoms with Crippen LogP contribution in [0.4, 0.5) is 0 Å². The van der Waals surface area contributed by atoms with E-state index in [1.165, 1.54) is 10.9 Å². The summed E-state index contributed by atoms with van der Waals surface area (Å²) in [6.07, 6.45) is 3.01. The number of aromatic nitrogens is 2. The van der Waals surface area contributed by atoms with Crippen LogP contribution in [0.2, 0.25) is 5.15 Å². The van der Waals surface area contributed by atoms with E-state index in [0.717, 1.165) is 12.1 Å². The summed E-state index contributed by atoms with van der Waals surface area (Å²) in [6.45, 7) is 4.38. The van der Waals surface area contributed by atoms with Crippen molar-refractivity contribution in [1.82, 2.24) is 9.97 Å². The number of hydrogen-bond acceptors (Lipinski definition) is 1. The first-order valence-electron chi connectivity index (χ1n) is 4.86. The van der Waals surface area contributed by atoms with Gasteiger partial charge in [0.25, 0.3) is 0 Å². The summed E-state index contributed by atoms with van der Waals surface area (Å²) in [5.41, 5.74) is 2.16. The Labute approximate surface area is 88.3 Å². The van der Waals surface area contributed by atoms with E-state index in [2.05, 4.69) is 29.9 Å². The summed E-state index contributed by atoms with van der Waals surface area (Å²) in [7, 11) is 0. The lowest BCUT2D eigenvalue weighted by atomic mass is 9.97. The number of H-pyrrole nitrogens is 1. The predicted molar refractivity (Wildman–Crippen MR) is 59.8 cm³/mol. The van der Waals surface area contributed by atoms with Crippen molar-refractivity contribution < 1.29 is 0 Å². The first-order chi connectivity index (χ1) is 6.72. The van der Waals surface area contributed by atoms with Gasteiger partial charge >= 0.3 is 0 Å². The van der Waals surface area contributed by atoms with Crippen molar-refractivity contribution >= 4 is 22.6 Å². The molecule has 0 saturated heterocycles. The molecule has 0 amide bonds. The van der Waals surface area contributed by atoms with Gasteiger partial charge in [0, 0.05) is 11.6 Å². The topological polar surface area (TPSA) is 28.7 Å². The Bertz CT molecular complexity index is 447. The van der Waals surface area contributed by atoms with Crippen LogP contribution in [0.3, 0.4) is 0 Å². The molecular formula is C11H13ClN2. The van der Waals surface area contributed by atoms with Crippen LogP contribution in [0.25, 0.3) is 11.0 Å². The molecule has 0 saturated carbocycles. The van der Waals surface area contributed by atoms with E-state index in [9.17, 15) is 0 Å². The van der Waals surface area contributed by atoms with Gasteiger partial charge in [-0.15, -0.1) is 0 Å². The molecule has 0 aliphatic carbocycles. The summed E-state index contributed by atoms with van der Waals surface area (Å²) < 4.78 is 0. The first-order valence-corrected chi connectivity index (χ1v) is 5.23. The molecular weight excluding hydrogens is 196 g/mol. The highest BCUT2D eigenvalue weighted by Gasteiger charge is 2.10. The predicted octanol–water partition coefficient (Wildman–Crippen LogP) is 3.73. The zero-order chi connectivity index (χ0) is 10.1. The van der Waals surface area contributed by atoms with Crippen molar-refractivity contribution in [2.45, 2.75) is 26.2 Å². The van der Waals surface area contributed by atoms with Gasteiger partial charge in [-0.25, -0.2) is 4.98 Å². The molecule has 2 heterocycles. The molecule has 1 N–H and O–H groups in total. The van der Waals surface area contributed by atoms with E-state index >= 15 is 0 Å². The van der Waals surface area contributed by atoms with Gasteiger partial charge < -0.3 is 4.98 Å². The molecule has 0 bridgehead atoms. The van der Waals surface area contributed by atoms with E-state index in [-0.39, 0.29) is 0 Å². The second-order valence-electron chi connectivity index (χ2n) is 3.58. The minimum atomic E-state index is 0.522. The molecule has 1 unspecified atom stereocenters. The van der Waals surface area contributed by atoms with E-state index in [1.54, 1.807) is 0 Å². The highest BCUT2D eigenvalue weighted by molar-refractivity contribution is 6.29. The van der Waals surface area contributed by atoms with Gasteiger partial charge in [0.1, 0.15) is 10.8 Å². The van der Waals surface area contributed by atoms with Gasteiger partial charge in [0.05, 0.1) is 0 Å². The fourth-order valence-corrected chi connectivity index (χ4v) is 1.86. The van der Waals surface area contributed by atoms with E-state index < -0.39 is 0 Å². The van der Waals surface area contributed by atoms with Crippen molar-refractivity contribution in [3.8, 4) is 0 Å². The fraction of sp³-hybridized carbons (Fsp3) is 0.364. The Hall–Kier alpha value is -1.02. The van der Waals surface area contributed by atoms with Gasteiger partial charge in [-0.2, -0.15) is 0 Å². The molecule has 74 valence electrons. The minimum Gasteiger partial charge on any atom is -0.346 e. The second kappa shape index (κ2) is 3.62. The standard InChI is InChI=1S/C11H13ClN2/c1-3-7(2)9-6-10(12)14-11-8(9)4-5-13-11/h4-7H,3H2,1-2H3,(H,13,14). The van der Waals surface area contributed by atoms with E-state index in [4.69, 9.17) is 11.6 Å². The molecule has 0 aromatic carbocycles. The maximum atomic E-state index is 5.95. The van der Waals surface area contributed by atoms with Gasteiger partial charge in [-0.3, -0.25) is 0 Å². The molecule has 2 nitrogen and oxygen atoms in total. The number of aromatic amines is 1. The molecule has 2 aromatic rings. The van der Waals surface area contributed by atoms with Gasteiger partial charge in [-0.05, 0) is 30.0 Å². The molecule has 1 atom stereocenters. The molecule has 2 rings (SSSR count). The summed E-state index contributed by atoms with van der Waals surface area (Å²) in [5, 5.41) is 1.75. The molecule has 2 aromatic heterocycles. The number of hydrogen-bond donors (Lipinski definition) is 1. The van der Waals surface area contributed by atoms with Crippen LogP contribution in [-0.2, 0) is 0 Å². The lowest BCUT2D eigenvalue weighted by Gasteiger charge is -2.10. The molecule has 0 aliphatic heterocycles. The molecule has 0 aliphatic rings. The molecule has 14 heavy (non-hydrogen) atoms. The monoisotopic (exact) mass is 208 g/mol. The Morgan fingerprint density at radius 2 is 2.36 bits per heavy atom. The maximum absolute atomic E-state index is 5.95. The zero-order valence-electron chi connectivity index (χ0n) is 8.34. The number of nitrogens with zero attached hydrogens (tertiary/aromatic N) is 1. The van der Waals surface area contributed by atoms with E-state index in [1.807, 2.05) is 12.3 Å². The van der Waals surface area contributed by atoms with Crippen molar-refractivity contribution in [2.75, 3.05) is 0 Å². The summed E-state index contributed by atoms with van der Waals surface area (Å²) in [4.78, 5) is 7.31. The van der Waals surface area contributed by atoms with Crippen LogP contribution in [0.5, 0.6) is 0 Å². The third kappa shape index (κ3) is 1.50. The zero-order valence-corrected chi connectivity index (χ0v) is 9.10. The fourth-order valence-electron chi connectivity index (χ4n) is 1.66. The summed E-state index contributed by atoms with van der Waals surface area (Å²) in [6, 6.07) is 4.02. The Kier molecular flexibility index (Phi) is 2.46. The van der Waals surface area contributed by atoms with Gasteiger partial charge in [0.2, 0.25) is 0 Å². The smallest absolute Gasteiger partial charge is 0.139 e. The number of rotatable bonds is 2. The van der Waals surface area contributed by atoms with Crippen molar-refractivity contribution in [3.63, 3.8) is 0 Å². The highest BCUT2D eigenvalue weighted by Crippen LogP contribution is 2.28. The van der Waals surface area contributed by atoms with Gasteiger partial charge in [-0.1, -0.05) is 25.4 Å². The number of nitrogens with one attached hydrogen (secondary N) is 1. The largest absolute Gasteiger partial charge is 0.346 e. The van der Waals surface area contributed by atoms with E-state index in [0.29, 0.717) is 11.1 Å². The molecule has 0 fully saturated rings. The van der Waals surface area contributed by atoms with Crippen LogP contribution in [-0.4, -0.2) is 9.97 Å². The number of pyridine rings is 1. The number of halogens is 1. The van der Waals surface area contributed by atoms with Crippen LogP contribution < -0.4 is 0 Å². The van der Waals surface area contributed by atoms with Crippen molar-refractivity contribution in [3.05, 3.63) is 29.0 Å². The van der Waals surface area contributed by atoms with Crippen molar-refractivity contribution in [1.29, 1.82) is 0 Å². The molecule has 0 spiro atoms. The third-order valence-electron chi connectivity index (χ3n) is 2.67. The van der Waals surface area contributed by atoms with Crippen LogP contribution >= 0.6 is 11.6 Å². The van der Waals surface area contributed by atoms with Crippen LogP contribution in [0.1, 0.15) is 31.7 Å². The normalized spacial score (nSPS) is 13.4. The average Bonchev–Trinajstić information content (AvgIpc) is 2.62. The van der Waals surface area contributed by atoms with Crippen LogP contribution in [0.15, 0.2) is 18.3 Å². The Morgan fingerprint density at radius 3 is 3.07 bits per heavy atom. The molecule has 3 heteroatoms.